The minimum Gasteiger partial charge on any atom is -0.396 e. The van der Waals surface area contributed by atoms with Crippen LogP contribution in [0, 0.1) is 6.92 Å². The van der Waals surface area contributed by atoms with Gasteiger partial charge in [0.25, 0.3) is 0 Å². The zero-order valence-corrected chi connectivity index (χ0v) is 7.97. The maximum atomic E-state index is 8.56. The zero-order valence-electron chi connectivity index (χ0n) is 7.16. The summed E-state index contributed by atoms with van der Waals surface area (Å²) in [5, 5.41) is 8.56. The molecule has 0 atom stereocenters. The molecule has 0 aliphatic carbocycles. The number of hydrogen-bond acceptors (Lipinski definition) is 3. The summed E-state index contributed by atoms with van der Waals surface area (Å²) in [6, 6.07) is 6.01. The molecule has 0 fully saturated rings. The first-order chi connectivity index (χ1) is 5.83. The highest BCUT2D eigenvalue weighted by molar-refractivity contribution is 7.98. The van der Waals surface area contributed by atoms with E-state index in [2.05, 4.69) is 4.98 Å². The lowest BCUT2D eigenvalue weighted by Gasteiger charge is -1.99. The van der Waals surface area contributed by atoms with Gasteiger partial charge >= 0.3 is 0 Å². The Kier molecular flexibility index (Phi) is 4.11. The molecule has 0 aliphatic heterocycles. The SMILES string of the molecule is Cc1cccc(CSCCO)n1. The van der Waals surface area contributed by atoms with Crippen molar-refractivity contribution in [3.8, 4) is 0 Å². The molecule has 0 spiro atoms. The van der Waals surface area contributed by atoms with Crippen LogP contribution in [-0.4, -0.2) is 22.5 Å². The van der Waals surface area contributed by atoms with Crippen LogP contribution in [0.2, 0.25) is 0 Å². The van der Waals surface area contributed by atoms with Crippen LogP contribution in [0.15, 0.2) is 18.2 Å². The Morgan fingerprint density at radius 3 is 3.00 bits per heavy atom. The summed E-state index contributed by atoms with van der Waals surface area (Å²) in [5.74, 6) is 1.68. The third-order valence-electron chi connectivity index (χ3n) is 1.43. The minimum atomic E-state index is 0.247. The second kappa shape index (κ2) is 5.17. The molecule has 1 aromatic rings. The van der Waals surface area contributed by atoms with Gasteiger partial charge in [0.05, 0.1) is 12.3 Å². The molecule has 2 nitrogen and oxygen atoms in total. The highest BCUT2D eigenvalue weighted by atomic mass is 32.2. The van der Waals surface area contributed by atoms with Crippen LogP contribution in [0.4, 0.5) is 0 Å². The van der Waals surface area contributed by atoms with Gasteiger partial charge in [-0.3, -0.25) is 4.98 Å². The normalized spacial score (nSPS) is 10.2. The predicted octanol–water partition coefficient (Wildman–Crippen LogP) is 1.62. The van der Waals surface area contributed by atoms with Gasteiger partial charge in [0, 0.05) is 17.2 Å². The van der Waals surface area contributed by atoms with Crippen molar-refractivity contribution in [1.29, 1.82) is 0 Å². The molecular weight excluding hydrogens is 170 g/mol. The van der Waals surface area contributed by atoms with Gasteiger partial charge in [-0.15, -0.1) is 0 Å². The molecule has 0 bridgehead atoms. The summed E-state index contributed by atoms with van der Waals surface area (Å²) >= 11 is 1.70. The van der Waals surface area contributed by atoms with E-state index in [-0.39, 0.29) is 6.61 Å². The lowest BCUT2D eigenvalue weighted by molar-refractivity contribution is 0.322. The molecule has 0 aromatic carbocycles. The Hall–Kier alpha value is -0.540. The number of aliphatic hydroxyl groups is 1. The third-order valence-corrected chi connectivity index (χ3v) is 2.40. The molecular formula is C9H13NOS. The molecule has 12 heavy (non-hydrogen) atoms. The van der Waals surface area contributed by atoms with Crippen molar-refractivity contribution < 1.29 is 5.11 Å². The lowest BCUT2D eigenvalue weighted by atomic mass is 10.3. The minimum absolute atomic E-state index is 0.247. The maximum absolute atomic E-state index is 8.56. The number of aromatic nitrogens is 1. The van der Waals surface area contributed by atoms with Crippen molar-refractivity contribution in [3.05, 3.63) is 29.6 Å². The molecule has 0 amide bonds. The van der Waals surface area contributed by atoms with E-state index < -0.39 is 0 Å². The van der Waals surface area contributed by atoms with Crippen molar-refractivity contribution in [2.45, 2.75) is 12.7 Å². The van der Waals surface area contributed by atoms with Crippen molar-refractivity contribution >= 4 is 11.8 Å². The van der Waals surface area contributed by atoms with Crippen LogP contribution in [0.3, 0.4) is 0 Å². The molecule has 0 unspecified atom stereocenters. The van der Waals surface area contributed by atoms with E-state index in [4.69, 9.17) is 5.11 Å². The standard InChI is InChI=1S/C9H13NOS/c1-8-3-2-4-9(10-8)7-12-6-5-11/h2-4,11H,5-7H2,1H3. The molecule has 0 radical (unpaired) electrons. The van der Waals surface area contributed by atoms with Crippen molar-refractivity contribution in [2.24, 2.45) is 0 Å². The van der Waals surface area contributed by atoms with Crippen molar-refractivity contribution in [1.82, 2.24) is 4.98 Å². The van der Waals surface area contributed by atoms with Crippen LogP contribution >= 0.6 is 11.8 Å². The first-order valence-electron chi connectivity index (χ1n) is 3.94. The molecule has 3 heteroatoms. The average molecular weight is 183 g/mol. The summed E-state index contributed by atoms with van der Waals surface area (Å²) in [4.78, 5) is 4.34. The Morgan fingerprint density at radius 2 is 2.33 bits per heavy atom. The van der Waals surface area contributed by atoms with E-state index in [0.717, 1.165) is 22.9 Å². The second-order valence-electron chi connectivity index (χ2n) is 2.55. The van der Waals surface area contributed by atoms with E-state index in [1.165, 1.54) is 0 Å². The maximum Gasteiger partial charge on any atom is 0.0521 e. The van der Waals surface area contributed by atoms with Gasteiger partial charge in [0.1, 0.15) is 0 Å². The highest BCUT2D eigenvalue weighted by Gasteiger charge is 1.94. The topological polar surface area (TPSA) is 33.1 Å². The summed E-state index contributed by atoms with van der Waals surface area (Å²) in [6.07, 6.45) is 0. The van der Waals surface area contributed by atoms with Gasteiger partial charge in [-0.05, 0) is 19.1 Å². The fourth-order valence-electron chi connectivity index (χ4n) is 0.921. The van der Waals surface area contributed by atoms with Crippen LogP contribution in [0.5, 0.6) is 0 Å². The largest absolute Gasteiger partial charge is 0.396 e. The van der Waals surface area contributed by atoms with Gasteiger partial charge in [-0.2, -0.15) is 11.8 Å². The number of aryl methyl sites for hydroxylation is 1. The Morgan fingerprint density at radius 1 is 1.50 bits per heavy atom. The smallest absolute Gasteiger partial charge is 0.0521 e. The Labute approximate surface area is 77.0 Å². The first-order valence-corrected chi connectivity index (χ1v) is 5.09. The molecule has 1 N–H and O–H groups in total. The summed E-state index contributed by atoms with van der Waals surface area (Å²) in [6.45, 7) is 2.23. The molecule has 0 aliphatic rings. The predicted molar refractivity (Wildman–Crippen MR) is 52.2 cm³/mol. The van der Waals surface area contributed by atoms with Crippen LogP contribution < -0.4 is 0 Å². The van der Waals surface area contributed by atoms with Gasteiger partial charge in [0.2, 0.25) is 0 Å². The third kappa shape index (κ3) is 3.24. The van der Waals surface area contributed by atoms with E-state index in [1.54, 1.807) is 11.8 Å². The van der Waals surface area contributed by atoms with Gasteiger partial charge in [-0.1, -0.05) is 6.07 Å². The van der Waals surface area contributed by atoms with E-state index >= 15 is 0 Å². The molecule has 0 saturated heterocycles. The van der Waals surface area contributed by atoms with Crippen LogP contribution in [-0.2, 0) is 5.75 Å². The molecule has 1 heterocycles. The number of nitrogens with zero attached hydrogens (tertiary/aromatic N) is 1. The monoisotopic (exact) mass is 183 g/mol. The first kappa shape index (κ1) is 9.55. The summed E-state index contributed by atoms with van der Waals surface area (Å²) in [7, 11) is 0. The van der Waals surface area contributed by atoms with Gasteiger partial charge < -0.3 is 5.11 Å². The summed E-state index contributed by atoms with van der Waals surface area (Å²) in [5.41, 5.74) is 2.14. The number of thioether (sulfide) groups is 1. The molecule has 1 rings (SSSR count). The number of rotatable bonds is 4. The van der Waals surface area contributed by atoms with E-state index in [1.807, 2.05) is 25.1 Å². The lowest BCUT2D eigenvalue weighted by Crippen LogP contribution is -1.91. The Bertz CT molecular complexity index is 240. The Balaban J connectivity index is 2.41. The number of aliphatic hydroxyl groups excluding tert-OH is 1. The fraction of sp³-hybridized carbons (Fsp3) is 0.444. The molecule has 1 aromatic heterocycles. The van der Waals surface area contributed by atoms with Crippen molar-refractivity contribution in [2.75, 3.05) is 12.4 Å². The van der Waals surface area contributed by atoms with Crippen LogP contribution in [0.25, 0.3) is 0 Å². The highest BCUT2D eigenvalue weighted by Crippen LogP contribution is 2.09. The molecule has 66 valence electrons. The number of pyridine rings is 1. The van der Waals surface area contributed by atoms with Gasteiger partial charge in [-0.25, -0.2) is 0 Å². The van der Waals surface area contributed by atoms with Gasteiger partial charge in [0.15, 0.2) is 0 Å². The van der Waals surface area contributed by atoms with E-state index in [0.29, 0.717) is 0 Å². The zero-order chi connectivity index (χ0) is 8.81. The number of hydrogen-bond donors (Lipinski definition) is 1. The van der Waals surface area contributed by atoms with E-state index in [9.17, 15) is 0 Å². The average Bonchev–Trinajstić information content (AvgIpc) is 2.05. The fourth-order valence-corrected chi connectivity index (χ4v) is 1.56. The quantitative estimate of drug-likeness (QED) is 0.720. The molecule has 0 saturated carbocycles. The van der Waals surface area contributed by atoms with Crippen LogP contribution in [0.1, 0.15) is 11.4 Å². The van der Waals surface area contributed by atoms with Crippen molar-refractivity contribution in [3.63, 3.8) is 0 Å². The summed E-state index contributed by atoms with van der Waals surface area (Å²) < 4.78 is 0. The second-order valence-corrected chi connectivity index (χ2v) is 3.65.